The molecule has 0 spiro atoms. The van der Waals surface area contributed by atoms with Crippen LogP contribution >= 0.6 is 11.6 Å². The average molecular weight is 239 g/mol. The summed E-state index contributed by atoms with van der Waals surface area (Å²) >= 11 is 5.49. The predicted molar refractivity (Wildman–Crippen MR) is 38.0 cm³/mol. The van der Waals surface area contributed by atoms with Gasteiger partial charge in [0.05, 0.1) is 5.50 Å². The van der Waals surface area contributed by atoms with Crippen molar-refractivity contribution in [3.63, 3.8) is 0 Å². The maximum atomic E-state index is 5.49. The first kappa shape index (κ1) is 12.5. The van der Waals surface area contributed by atoms with E-state index in [0.717, 1.165) is 6.42 Å². The molecule has 0 saturated carbocycles. The van der Waals surface area contributed by atoms with E-state index in [1.165, 1.54) is 19.3 Å². The zero-order valence-electron chi connectivity index (χ0n) is 5.69. The number of halogens is 1. The molecule has 0 amide bonds. The second kappa shape index (κ2) is 8.87. The first-order valence-corrected chi connectivity index (χ1v) is 3.60. The maximum absolute atomic E-state index is 5.49. The van der Waals surface area contributed by atoms with Gasteiger partial charge in [-0.3, -0.25) is 0 Å². The van der Waals surface area contributed by atoms with Crippen LogP contribution in [0.5, 0.6) is 0 Å². The quantitative estimate of drug-likeness (QED) is 0.345. The molecule has 0 fully saturated rings. The van der Waals surface area contributed by atoms with Crippen LogP contribution in [0.3, 0.4) is 0 Å². The van der Waals surface area contributed by atoms with E-state index in [1.54, 1.807) is 0 Å². The van der Waals surface area contributed by atoms with Crippen LogP contribution in [0.4, 0.5) is 0 Å². The van der Waals surface area contributed by atoms with Crippen LogP contribution in [0.2, 0.25) is 0 Å². The molecule has 2 N–H and O–H groups in total. The van der Waals surface area contributed by atoms with Crippen LogP contribution in [0, 0.1) is 0 Å². The molecule has 0 aromatic heterocycles. The van der Waals surface area contributed by atoms with Gasteiger partial charge in [0.2, 0.25) is 0 Å². The van der Waals surface area contributed by atoms with E-state index >= 15 is 0 Å². The molecule has 1 nitrogen and oxygen atoms in total. The summed E-state index contributed by atoms with van der Waals surface area (Å²) in [6.45, 7) is 2.17. The van der Waals surface area contributed by atoms with Crippen molar-refractivity contribution >= 4 is 11.6 Å². The van der Waals surface area contributed by atoms with E-state index in [2.05, 4.69) is 6.92 Å². The third kappa shape index (κ3) is 12.2. The van der Waals surface area contributed by atoms with Crippen LogP contribution < -0.4 is 5.73 Å². The summed E-state index contributed by atoms with van der Waals surface area (Å²) in [6.07, 6.45) is 4.61. The SMILES string of the molecule is CCCCCC(N)Cl.[Rh]. The smallest absolute Gasteiger partial charge is 0.0800 e. The fourth-order valence-electron chi connectivity index (χ4n) is 0.589. The number of unbranched alkanes of at least 4 members (excludes halogenated alkanes) is 2. The van der Waals surface area contributed by atoms with E-state index in [1.807, 2.05) is 0 Å². The Kier molecular flexibility index (Phi) is 12.4. The zero-order valence-corrected chi connectivity index (χ0v) is 8.09. The monoisotopic (exact) mass is 238 g/mol. The van der Waals surface area contributed by atoms with Gasteiger partial charge in [-0.15, -0.1) is 11.6 Å². The summed E-state index contributed by atoms with van der Waals surface area (Å²) in [4.78, 5) is 0. The number of hydrogen-bond donors (Lipinski definition) is 1. The van der Waals surface area contributed by atoms with Crippen molar-refractivity contribution in [3.05, 3.63) is 0 Å². The number of rotatable bonds is 4. The molecule has 1 radical (unpaired) electrons. The molecule has 0 aromatic rings. The van der Waals surface area contributed by atoms with Gasteiger partial charge in [-0.25, -0.2) is 0 Å². The van der Waals surface area contributed by atoms with Crippen LogP contribution in [0.25, 0.3) is 0 Å². The van der Waals surface area contributed by atoms with Gasteiger partial charge in [0.1, 0.15) is 0 Å². The molecule has 0 saturated heterocycles. The Balaban J connectivity index is 0. The van der Waals surface area contributed by atoms with Crippen molar-refractivity contribution in [1.82, 2.24) is 0 Å². The van der Waals surface area contributed by atoms with Gasteiger partial charge >= 0.3 is 0 Å². The van der Waals surface area contributed by atoms with Gasteiger partial charge in [-0.2, -0.15) is 0 Å². The molecular weight excluding hydrogens is 224 g/mol. The Bertz CT molecular complexity index is 50.3. The first-order chi connectivity index (χ1) is 3.77. The van der Waals surface area contributed by atoms with Crippen molar-refractivity contribution in [2.75, 3.05) is 0 Å². The summed E-state index contributed by atoms with van der Waals surface area (Å²) in [6, 6.07) is 0. The van der Waals surface area contributed by atoms with E-state index < -0.39 is 0 Å². The Morgan fingerprint density at radius 3 is 2.33 bits per heavy atom. The molecular formula is C6H14ClNRh. The second-order valence-corrected chi connectivity index (χ2v) is 2.57. The minimum atomic E-state index is -0.124. The van der Waals surface area contributed by atoms with Crippen molar-refractivity contribution in [2.24, 2.45) is 5.73 Å². The van der Waals surface area contributed by atoms with E-state index in [0.29, 0.717) is 0 Å². The van der Waals surface area contributed by atoms with Crippen LogP contribution in [-0.2, 0) is 19.5 Å². The summed E-state index contributed by atoms with van der Waals surface area (Å²) in [5.41, 5.74) is 5.18. The number of alkyl halides is 1. The molecule has 0 heterocycles. The van der Waals surface area contributed by atoms with Crippen molar-refractivity contribution < 1.29 is 19.5 Å². The van der Waals surface area contributed by atoms with Crippen LogP contribution in [0.1, 0.15) is 32.6 Å². The topological polar surface area (TPSA) is 26.0 Å². The summed E-state index contributed by atoms with van der Waals surface area (Å²) < 4.78 is 0. The molecule has 1 atom stereocenters. The minimum Gasteiger partial charge on any atom is -0.315 e. The molecule has 0 aromatic carbocycles. The molecule has 0 aliphatic rings. The molecule has 0 rings (SSSR count). The Morgan fingerprint density at radius 2 is 2.00 bits per heavy atom. The zero-order chi connectivity index (χ0) is 6.41. The number of hydrogen-bond acceptors (Lipinski definition) is 1. The normalized spacial score (nSPS) is 12.3. The van der Waals surface area contributed by atoms with Gasteiger partial charge in [0, 0.05) is 19.5 Å². The molecule has 0 bridgehead atoms. The Morgan fingerprint density at radius 1 is 1.44 bits per heavy atom. The van der Waals surface area contributed by atoms with Gasteiger partial charge < -0.3 is 5.73 Å². The third-order valence-electron chi connectivity index (χ3n) is 1.08. The van der Waals surface area contributed by atoms with Crippen LogP contribution in [-0.4, -0.2) is 5.50 Å². The maximum Gasteiger partial charge on any atom is 0.0800 e. The van der Waals surface area contributed by atoms with Gasteiger partial charge in [-0.05, 0) is 6.42 Å². The standard InChI is InChI=1S/C6H14ClN.Rh/c1-2-3-4-5-6(7)8;/h6H,2-5,8H2,1H3;. The minimum absolute atomic E-state index is 0. The summed E-state index contributed by atoms with van der Waals surface area (Å²) in [7, 11) is 0. The largest absolute Gasteiger partial charge is 0.315 e. The molecule has 3 heteroatoms. The predicted octanol–water partition coefficient (Wildman–Crippen LogP) is 2.09. The van der Waals surface area contributed by atoms with Gasteiger partial charge in [0.25, 0.3) is 0 Å². The fraction of sp³-hybridized carbons (Fsp3) is 1.00. The first-order valence-electron chi connectivity index (χ1n) is 3.17. The average Bonchev–Trinajstić information content (AvgIpc) is 1.66. The van der Waals surface area contributed by atoms with E-state index in [4.69, 9.17) is 17.3 Å². The van der Waals surface area contributed by atoms with E-state index in [9.17, 15) is 0 Å². The Labute approximate surface area is 75.1 Å². The van der Waals surface area contributed by atoms with Crippen molar-refractivity contribution in [2.45, 2.75) is 38.1 Å². The van der Waals surface area contributed by atoms with Crippen molar-refractivity contribution in [3.8, 4) is 0 Å². The summed E-state index contributed by atoms with van der Waals surface area (Å²) in [5.74, 6) is 0. The molecule has 9 heavy (non-hydrogen) atoms. The van der Waals surface area contributed by atoms with Crippen LogP contribution in [0.15, 0.2) is 0 Å². The van der Waals surface area contributed by atoms with Gasteiger partial charge in [0.15, 0.2) is 0 Å². The van der Waals surface area contributed by atoms with E-state index in [-0.39, 0.29) is 25.0 Å². The summed E-state index contributed by atoms with van der Waals surface area (Å²) in [5, 5.41) is 0. The second-order valence-electron chi connectivity index (χ2n) is 2.01. The molecule has 0 aliphatic heterocycles. The van der Waals surface area contributed by atoms with Crippen molar-refractivity contribution in [1.29, 1.82) is 0 Å². The molecule has 1 unspecified atom stereocenters. The number of nitrogens with two attached hydrogens (primary N) is 1. The Hall–Kier alpha value is 0.873. The van der Waals surface area contributed by atoms with Gasteiger partial charge in [-0.1, -0.05) is 26.2 Å². The molecule has 0 aliphatic carbocycles. The third-order valence-corrected chi connectivity index (χ3v) is 1.30. The molecule has 59 valence electrons. The fourth-order valence-corrected chi connectivity index (χ4v) is 0.744.